The van der Waals surface area contributed by atoms with Crippen LogP contribution in [0.4, 0.5) is 5.82 Å². The molecule has 8 nitrogen and oxygen atoms in total. The molecule has 138 valence electrons. The zero-order valence-electron chi connectivity index (χ0n) is 15.3. The van der Waals surface area contributed by atoms with Crippen molar-refractivity contribution in [3.8, 4) is 17.4 Å². The third-order valence-corrected chi connectivity index (χ3v) is 4.67. The van der Waals surface area contributed by atoms with Crippen LogP contribution in [-0.4, -0.2) is 40.1 Å². The van der Waals surface area contributed by atoms with Gasteiger partial charge in [0.25, 0.3) is 0 Å². The number of nitrogens with zero attached hydrogens (tertiary/aromatic N) is 4. The van der Waals surface area contributed by atoms with Crippen molar-refractivity contribution in [2.24, 2.45) is 0 Å². The summed E-state index contributed by atoms with van der Waals surface area (Å²) in [5, 5.41) is 15.7. The smallest absolute Gasteiger partial charge is 0.233 e. The summed E-state index contributed by atoms with van der Waals surface area (Å²) in [7, 11) is 3.16. The van der Waals surface area contributed by atoms with Crippen LogP contribution in [0.15, 0.2) is 36.4 Å². The lowest BCUT2D eigenvalue weighted by atomic mass is 9.85. The molecule has 1 amide bonds. The summed E-state index contributed by atoms with van der Waals surface area (Å²) in [5.74, 6) is 2.04. The monoisotopic (exact) mass is 365 g/mol. The lowest BCUT2D eigenvalue weighted by Crippen LogP contribution is -2.25. The first-order chi connectivity index (χ1) is 13.1. The fourth-order valence-corrected chi connectivity index (χ4v) is 3.47. The van der Waals surface area contributed by atoms with Gasteiger partial charge >= 0.3 is 0 Å². The van der Waals surface area contributed by atoms with Crippen LogP contribution < -0.4 is 14.8 Å². The van der Waals surface area contributed by atoms with Crippen LogP contribution in [0.1, 0.15) is 29.2 Å². The molecule has 3 heterocycles. The quantitative estimate of drug-likeness (QED) is 0.764. The molecule has 0 bridgehead atoms. The maximum atomic E-state index is 12.5. The Bertz CT molecular complexity index is 997. The first-order valence-electron chi connectivity index (χ1n) is 8.52. The molecule has 1 N–H and O–H groups in total. The Morgan fingerprint density at radius 3 is 2.63 bits per heavy atom. The van der Waals surface area contributed by atoms with Gasteiger partial charge in [-0.25, -0.2) is 0 Å². The molecular formula is C19H19N5O3. The summed E-state index contributed by atoms with van der Waals surface area (Å²) in [6.07, 6.45) is 0.328. The fraction of sp³-hybridized carbons (Fsp3) is 0.263. The summed E-state index contributed by atoms with van der Waals surface area (Å²) in [6, 6.07) is 11.2. The second kappa shape index (κ2) is 6.71. The molecule has 4 rings (SSSR count). The van der Waals surface area contributed by atoms with E-state index >= 15 is 0 Å². The Morgan fingerprint density at radius 2 is 1.93 bits per heavy atom. The summed E-state index contributed by atoms with van der Waals surface area (Å²) in [4.78, 5) is 12.5. The fourth-order valence-electron chi connectivity index (χ4n) is 3.47. The molecule has 1 aromatic carbocycles. The van der Waals surface area contributed by atoms with Gasteiger partial charge in [-0.3, -0.25) is 4.79 Å². The van der Waals surface area contributed by atoms with E-state index in [-0.39, 0.29) is 11.8 Å². The number of methoxy groups -OCH3 is 2. The minimum atomic E-state index is -0.148. The third kappa shape index (κ3) is 2.88. The van der Waals surface area contributed by atoms with Crippen LogP contribution in [0.2, 0.25) is 0 Å². The molecule has 27 heavy (non-hydrogen) atoms. The zero-order chi connectivity index (χ0) is 19.0. The molecule has 0 spiro atoms. The number of hydrogen-bond donors (Lipinski definition) is 1. The van der Waals surface area contributed by atoms with Crippen LogP contribution in [0.3, 0.4) is 0 Å². The molecule has 0 aliphatic carbocycles. The summed E-state index contributed by atoms with van der Waals surface area (Å²) >= 11 is 0. The van der Waals surface area contributed by atoms with E-state index in [0.29, 0.717) is 23.9 Å². The van der Waals surface area contributed by atoms with Gasteiger partial charge in [-0.1, -0.05) is 18.2 Å². The minimum absolute atomic E-state index is 0.0824. The van der Waals surface area contributed by atoms with E-state index < -0.39 is 0 Å². The minimum Gasteiger partial charge on any atom is -0.496 e. The van der Waals surface area contributed by atoms with Crippen molar-refractivity contribution in [3.05, 3.63) is 53.2 Å². The van der Waals surface area contributed by atoms with Gasteiger partial charge < -0.3 is 14.8 Å². The molecule has 1 atom stereocenters. The molecule has 2 aromatic heterocycles. The Labute approximate surface area is 156 Å². The maximum Gasteiger partial charge on any atom is 0.233 e. The zero-order valence-corrected chi connectivity index (χ0v) is 15.3. The Balaban J connectivity index is 1.85. The number of aryl methyl sites for hydroxylation is 1. The molecular weight excluding hydrogens is 346 g/mol. The summed E-state index contributed by atoms with van der Waals surface area (Å²) in [6.45, 7) is 1.92. The number of carbonyl (C=O) groups is 1. The maximum absolute atomic E-state index is 12.5. The molecule has 3 aromatic rings. The van der Waals surface area contributed by atoms with Crippen molar-refractivity contribution in [1.82, 2.24) is 20.0 Å². The van der Waals surface area contributed by atoms with Crippen molar-refractivity contribution in [1.29, 1.82) is 0 Å². The lowest BCUT2D eigenvalue weighted by Gasteiger charge is -2.25. The molecule has 0 radical (unpaired) electrons. The number of carbonyl (C=O) groups excluding carboxylic acids is 1. The number of aromatic nitrogens is 4. The lowest BCUT2D eigenvalue weighted by molar-refractivity contribution is -0.116. The summed E-state index contributed by atoms with van der Waals surface area (Å²) in [5.41, 5.74) is 2.73. The first-order valence-corrected chi connectivity index (χ1v) is 8.52. The number of amides is 1. The van der Waals surface area contributed by atoms with Gasteiger partial charge in [-0.05, 0) is 19.1 Å². The van der Waals surface area contributed by atoms with Crippen molar-refractivity contribution in [2.75, 3.05) is 19.5 Å². The Morgan fingerprint density at radius 1 is 1.11 bits per heavy atom. The third-order valence-electron chi connectivity index (χ3n) is 4.67. The van der Waals surface area contributed by atoms with E-state index in [0.717, 1.165) is 22.6 Å². The highest BCUT2D eigenvalue weighted by Gasteiger charge is 2.34. The molecule has 1 aliphatic rings. The van der Waals surface area contributed by atoms with E-state index in [9.17, 15) is 4.79 Å². The number of ether oxygens (including phenoxy) is 2. The van der Waals surface area contributed by atoms with E-state index in [1.165, 1.54) is 7.11 Å². The highest BCUT2D eigenvalue weighted by Crippen LogP contribution is 2.42. The molecule has 1 aliphatic heterocycles. The van der Waals surface area contributed by atoms with Gasteiger partial charge in [0, 0.05) is 29.5 Å². The average Bonchev–Trinajstić information content (AvgIpc) is 3.03. The van der Waals surface area contributed by atoms with Gasteiger partial charge in [0.15, 0.2) is 5.82 Å². The number of para-hydroxylation sites is 1. The van der Waals surface area contributed by atoms with Crippen molar-refractivity contribution < 1.29 is 14.3 Å². The van der Waals surface area contributed by atoms with Crippen molar-refractivity contribution in [3.63, 3.8) is 0 Å². The van der Waals surface area contributed by atoms with Crippen LogP contribution >= 0.6 is 0 Å². The standard InChI is InChI=1S/C19H19N5O3/c1-11-18-13(12-6-4-5-7-14(12)26-2)10-16(25)20-19(18)24(23-11)15-8-9-17(27-3)22-21-15/h4-9,13H,10H2,1-3H3,(H,20,25)/t13-/m0/s1. The van der Waals surface area contributed by atoms with Crippen LogP contribution in [0.25, 0.3) is 5.82 Å². The highest BCUT2D eigenvalue weighted by molar-refractivity contribution is 5.95. The van der Waals surface area contributed by atoms with E-state index in [4.69, 9.17) is 9.47 Å². The van der Waals surface area contributed by atoms with Crippen LogP contribution in [-0.2, 0) is 4.79 Å². The molecule has 0 unspecified atom stereocenters. The van der Waals surface area contributed by atoms with E-state index in [1.807, 2.05) is 31.2 Å². The Kier molecular flexibility index (Phi) is 4.23. The van der Waals surface area contributed by atoms with Crippen molar-refractivity contribution >= 4 is 11.7 Å². The topological polar surface area (TPSA) is 91.2 Å². The highest BCUT2D eigenvalue weighted by atomic mass is 16.5. The number of nitrogens with one attached hydrogen (secondary N) is 1. The Hall–Kier alpha value is -3.42. The van der Waals surface area contributed by atoms with Gasteiger partial charge in [-0.2, -0.15) is 9.78 Å². The number of anilines is 1. The molecule has 8 heteroatoms. The molecule has 0 saturated carbocycles. The molecule has 0 saturated heterocycles. The largest absolute Gasteiger partial charge is 0.496 e. The molecule has 0 fully saturated rings. The van der Waals surface area contributed by atoms with Crippen LogP contribution in [0.5, 0.6) is 11.6 Å². The van der Waals surface area contributed by atoms with E-state index in [2.05, 4.69) is 20.6 Å². The summed E-state index contributed by atoms with van der Waals surface area (Å²) < 4.78 is 12.2. The van der Waals surface area contributed by atoms with Gasteiger partial charge in [0.05, 0.1) is 19.9 Å². The predicted octanol–water partition coefficient (Wildman–Crippen LogP) is 2.46. The normalized spacial score (nSPS) is 15.8. The van der Waals surface area contributed by atoms with Gasteiger partial charge in [0.2, 0.25) is 11.8 Å². The first kappa shape index (κ1) is 17.0. The predicted molar refractivity (Wildman–Crippen MR) is 98.5 cm³/mol. The van der Waals surface area contributed by atoms with Crippen molar-refractivity contribution in [2.45, 2.75) is 19.3 Å². The number of hydrogen-bond acceptors (Lipinski definition) is 6. The van der Waals surface area contributed by atoms with Gasteiger partial charge in [0.1, 0.15) is 11.6 Å². The average molecular weight is 365 g/mol. The number of rotatable bonds is 4. The SMILES string of the molecule is COc1ccc(-n2nc(C)c3c2NC(=O)C[C@H]3c2ccccc2OC)nn1. The van der Waals surface area contributed by atoms with Crippen LogP contribution in [0, 0.1) is 6.92 Å². The second-order valence-corrected chi connectivity index (χ2v) is 6.24. The van der Waals surface area contributed by atoms with E-state index in [1.54, 1.807) is 23.9 Å². The van der Waals surface area contributed by atoms with Gasteiger partial charge in [-0.15, -0.1) is 10.2 Å². The number of benzene rings is 1. The number of fused-ring (bicyclic) bond motifs is 1. The second-order valence-electron chi connectivity index (χ2n) is 6.24.